The minimum absolute atomic E-state index is 0.0548. The third-order valence-electron chi connectivity index (χ3n) is 3.61. The second-order valence-corrected chi connectivity index (χ2v) is 6.01. The van der Waals surface area contributed by atoms with Crippen molar-refractivity contribution in [3.05, 3.63) is 71.3 Å². The van der Waals surface area contributed by atoms with Crippen LogP contribution in [0.25, 0.3) is 11.0 Å². The van der Waals surface area contributed by atoms with Gasteiger partial charge in [0.2, 0.25) is 0 Å². The molecule has 4 heteroatoms. The Morgan fingerprint density at radius 1 is 1.00 bits per heavy atom. The summed E-state index contributed by atoms with van der Waals surface area (Å²) in [5, 5.41) is 0. The zero-order valence-corrected chi connectivity index (χ0v) is 14.6. The molecule has 0 saturated heterocycles. The quantitative estimate of drug-likeness (QED) is 0.417. The molecule has 0 N–H and O–H groups in total. The molecule has 124 valence electrons. The summed E-state index contributed by atoms with van der Waals surface area (Å²) in [6.45, 7) is 0. The molecule has 2 aromatic rings. The predicted octanol–water partition coefficient (Wildman–Crippen LogP) is 4.68. The fourth-order valence-corrected chi connectivity index (χ4v) is 2.95. The third kappa shape index (κ3) is 4.83. The highest BCUT2D eigenvalue weighted by atomic mass is 32.2. The van der Waals surface area contributed by atoms with Crippen molar-refractivity contribution >= 4 is 34.5 Å². The molecule has 0 amide bonds. The zero-order chi connectivity index (χ0) is 17.4. The first-order valence-corrected chi connectivity index (χ1v) is 8.88. The fourth-order valence-electron chi connectivity index (χ4n) is 2.33. The molecule has 0 aromatic heterocycles. The van der Waals surface area contributed by atoms with Gasteiger partial charge in [0, 0.05) is 16.9 Å². The van der Waals surface area contributed by atoms with E-state index < -0.39 is 0 Å². The van der Waals surface area contributed by atoms with Crippen molar-refractivity contribution in [2.75, 3.05) is 13.4 Å². The summed E-state index contributed by atoms with van der Waals surface area (Å²) < 4.78 is 4.60. The van der Waals surface area contributed by atoms with Crippen molar-refractivity contribution in [1.29, 1.82) is 0 Å². The average molecular weight is 340 g/mol. The molecule has 0 unspecified atom stereocenters. The number of Topliss-reactive ketones (excluding diaryl/α,β-unsaturated/α-hetero) is 1. The molecule has 24 heavy (non-hydrogen) atoms. The summed E-state index contributed by atoms with van der Waals surface area (Å²) in [6, 6.07) is 17.5. The summed E-state index contributed by atoms with van der Waals surface area (Å²) in [6.07, 6.45) is 4.28. The Bertz CT molecular complexity index is 736. The molecule has 0 saturated carbocycles. The number of thioether (sulfide) groups is 1. The van der Waals surface area contributed by atoms with E-state index in [1.165, 1.54) is 7.11 Å². The minimum Gasteiger partial charge on any atom is -0.469 e. The van der Waals surface area contributed by atoms with Crippen LogP contribution >= 0.6 is 11.8 Å². The molecule has 0 aliphatic carbocycles. The van der Waals surface area contributed by atoms with Crippen LogP contribution in [-0.2, 0) is 9.53 Å². The number of esters is 1. The van der Waals surface area contributed by atoms with Gasteiger partial charge in [0.1, 0.15) is 0 Å². The average Bonchev–Trinajstić information content (AvgIpc) is 2.64. The first-order chi connectivity index (χ1) is 11.7. The van der Waals surface area contributed by atoms with E-state index in [4.69, 9.17) is 0 Å². The monoisotopic (exact) mass is 340 g/mol. The van der Waals surface area contributed by atoms with Gasteiger partial charge in [-0.1, -0.05) is 54.6 Å². The predicted molar refractivity (Wildman–Crippen MR) is 99.9 cm³/mol. The lowest BCUT2D eigenvalue weighted by Gasteiger charge is -2.08. The summed E-state index contributed by atoms with van der Waals surface area (Å²) in [7, 11) is 1.33. The number of ketones is 1. The van der Waals surface area contributed by atoms with Gasteiger partial charge >= 0.3 is 5.97 Å². The second kappa shape index (κ2) is 9.08. The lowest BCUT2D eigenvalue weighted by Crippen LogP contribution is -2.07. The maximum atomic E-state index is 12.4. The number of methoxy groups -OCH3 is 1. The van der Waals surface area contributed by atoms with E-state index >= 15 is 0 Å². The first kappa shape index (κ1) is 18.0. The van der Waals surface area contributed by atoms with Crippen LogP contribution in [0.3, 0.4) is 0 Å². The molecule has 0 aliphatic heterocycles. The van der Waals surface area contributed by atoms with Crippen LogP contribution in [0.1, 0.15) is 34.3 Å². The highest BCUT2D eigenvalue weighted by Crippen LogP contribution is 2.29. The third-order valence-corrected chi connectivity index (χ3v) is 4.40. The van der Waals surface area contributed by atoms with Crippen molar-refractivity contribution in [3.8, 4) is 0 Å². The van der Waals surface area contributed by atoms with E-state index in [0.717, 1.165) is 16.0 Å². The highest BCUT2D eigenvalue weighted by molar-refractivity contribution is 8.07. The topological polar surface area (TPSA) is 43.4 Å². The Morgan fingerprint density at radius 2 is 1.67 bits per heavy atom. The van der Waals surface area contributed by atoms with Crippen LogP contribution < -0.4 is 0 Å². The van der Waals surface area contributed by atoms with Gasteiger partial charge in [0.25, 0.3) is 0 Å². The Balaban J connectivity index is 2.29. The molecule has 2 aromatic carbocycles. The van der Waals surface area contributed by atoms with Gasteiger partial charge < -0.3 is 4.74 Å². The number of hydrogen-bond acceptors (Lipinski definition) is 4. The van der Waals surface area contributed by atoms with E-state index in [2.05, 4.69) is 4.74 Å². The van der Waals surface area contributed by atoms with Crippen LogP contribution in [0, 0.1) is 0 Å². The Morgan fingerprint density at radius 3 is 2.33 bits per heavy atom. The van der Waals surface area contributed by atoms with Gasteiger partial charge in [0.05, 0.1) is 13.5 Å². The molecular formula is C20H20O3S. The smallest absolute Gasteiger partial charge is 0.305 e. The van der Waals surface area contributed by atoms with Gasteiger partial charge in [-0.25, -0.2) is 0 Å². The lowest BCUT2D eigenvalue weighted by atomic mass is 9.99. The molecule has 0 radical (unpaired) electrons. The van der Waals surface area contributed by atoms with E-state index in [1.807, 2.05) is 60.9 Å². The fraction of sp³-hybridized carbons (Fsp3) is 0.200. The number of rotatable bonds is 7. The van der Waals surface area contributed by atoms with E-state index in [0.29, 0.717) is 5.56 Å². The van der Waals surface area contributed by atoms with Gasteiger partial charge in [-0.2, -0.15) is 0 Å². The molecule has 0 bridgehead atoms. The molecule has 0 fully saturated rings. The van der Waals surface area contributed by atoms with Crippen LogP contribution in [0.5, 0.6) is 0 Å². The van der Waals surface area contributed by atoms with E-state index in [9.17, 15) is 9.59 Å². The SMILES string of the molecule is COC(=O)CCC(=O)c1ccccc1/C=C(\SC)c1ccccc1. The maximum absolute atomic E-state index is 12.4. The van der Waals surface area contributed by atoms with Crippen molar-refractivity contribution in [2.24, 2.45) is 0 Å². The number of ether oxygens (including phenoxy) is 1. The number of carbonyl (C=O) groups is 2. The van der Waals surface area contributed by atoms with Gasteiger partial charge in [0.15, 0.2) is 5.78 Å². The van der Waals surface area contributed by atoms with Gasteiger partial charge in [-0.15, -0.1) is 11.8 Å². The molecule has 0 atom stereocenters. The summed E-state index contributed by atoms with van der Waals surface area (Å²) in [4.78, 5) is 24.8. The van der Waals surface area contributed by atoms with Crippen molar-refractivity contribution in [3.63, 3.8) is 0 Å². The minimum atomic E-state index is -0.370. The highest BCUT2D eigenvalue weighted by Gasteiger charge is 2.13. The molecule has 3 nitrogen and oxygen atoms in total. The van der Waals surface area contributed by atoms with Crippen LogP contribution in [0.15, 0.2) is 54.6 Å². The Kier molecular flexibility index (Phi) is 6.82. The number of benzene rings is 2. The normalized spacial score (nSPS) is 11.2. The molecular weight excluding hydrogens is 320 g/mol. The van der Waals surface area contributed by atoms with Crippen LogP contribution in [0.2, 0.25) is 0 Å². The summed E-state index contributed by atoms with van der Waals surface area (Å²) >= 11 is 1.64. The number of hydrogen-bond donors (Lipinski definition) is 0. The van der Waals surface area contributed by atoms with E-state index in [1.54, 1.807) is 17.8 Å². The summed E-state index contributed by atoms with van der Waals surface area (Å²) in [5.41, 5.74) is 2.60. The Labute approximate surface area is 146 Å². The maximum Gasteiger partial charge on any atom is 0.305 e. The molecule has 0 aliphatic rings. The molecule has 2 rings (SSSR count). The standard InChI is InChI=1S/C20H20O3S/c1-23-20(22)13-12-18(21)17-11-7-6-10-16(17)14-19(24-2)15-8-4-3-5-9-15/h3-11,14H,12-13H2,1-2H3/b19-14-. The van der Waals surface area contributed by atoms with E-state index in [-0.39, 0.29) is 24.6 Å². The zero-order valence-electron chi connectivity index (χ0n) is 13.8. The largest absolute Gasteiger partial charge is 0.469 e. The second-order valence-electron chi connectivity index (χ2n) is 5.17. The van der Waals surface area contributed by atoms with Gasteiger partial charge in [-0.3, -0.25) is 9.59 Å². The lowest BCUT2D eigenvalue weighted by molar-refractivity contribution is -0.140. The van der Waals surface area contributed by atoms with Gasteiger partial charge in [-0.05, 0) is 23.5 Å². The van der Waals surface area contributed by atoms with Crippen molar-refractivity contribution in [2.45, 2.75) is 12.8 Å². The van der Waals surface area contributed by atoms with Crippen LogP contribution in [-0.4, -0.2) is 25.1 Å². The van der Waals surface area contributed by atoms with Crippen molar-refractivity contribution < 1.29 is 14.3 Å². The first-order valence-electron chi connectivity index (χ1n) is 7.66. The van der Waals surface area contributed by atoms with Crippen molar-refractivity contribution in [1.82, 2.24) is 0 Å². The molecule has 0 spiro atoms. The van der Waals surface area contributed by atoms with Crippen LogP contribution in [0.4, 0.5) is 0 Å². The number of carbonyl (C=O) groups excluding carboxylic acids is 2. The summed E-state index contributed by atoms with van der Waals surface area (Å²) in [5.74, 6) is -0.425. The Hall–Kier alpha value is -2.33. The molecule has 0 heterocycles.